The Morgan fingerprint density at radius 3 is 2.74 bits per heavy atom. The molecule has 2 rings (SSSR count). The van der Waals surface area contributed by atoms with E-state index in [0.29, 0.717) is 11.5 Å². The molecule has 0 amide bonds. The van der Waals surface area contributed by atoms with E-state index in [1.165, 1.54) is 0 Å². The van der Waals surface area contributed by atoms with Gasteiger partial charge in [-0.3, -0.25) is 9.69 Å². The molecule has 0 aliphatic carbocycles. The molecule has 0 aromatic heterocycles. The highest BCUT2D eigenvalue weighted by molar-refractivity contribution is 7.80. The second kappa shape index (κ2) is 6.12. The third-order valence-electron chi connectivity index (χ3n) is 3.53. The van der Waals surface area contributed by atoms with E-state index < -0.39 is 5.97 Å². The quantitative estimate of drug-likeness (QED) is 0.800. The van der Waals surface area contributed by atoms with Gasteiger partial charge in [0.2, 0.25) is 0 Å². The lowest BCUT2D eigenvalue weighted by molar-refractivity contribution is -0.136. The SMILES string of the molecule is NC(=S)C1CCCN1Cc1ccccc1CC(=O)O. The summed E-state index contributed by atoms with van der Waals surface area (Å²) in [4.78, 5) is 13.7. The van der Waals surface area contributed by atoms with Crippen molar-refractivity contribution in [1.29, 1.82) is 0 Å². The van der Waals surface area contributed by atoms with Gasteiger partial charge in [-0.1, -0.05) is 36.5 Å². The number of likely N-dealkylation sites (tertiary alicyclic amines) is 1. The number of hydrogen-bond acceptors (Lipinski definition) is 3. The molecular weight excluding hydrogens is 260 g/mol. The number of carboxylic acids is 1. The minimum Gasteiger partial charge on any atom is -0.481 e. The van der Waals surface area contributed by atoms with Gasteiger partial charge in [0.25, 0.3) is 0 Å². The molecule has 0 bridgehead atoms. The Balaban J connectivity index is 2.14. The summed E-state index contributed by atoms with van der Waals surface area (Å²) in [6.45, 7) is 1.68. The maximum atomic E-state index is 10.9. The summed E-state index contributed by atoms with van der Waals surface area (Å²) in [5.41, 5.74) is 7.67. The van der Waals surface area contributed by atoms with Crippen LogP contribution in [0.5, 0.6) is 0 Å². The molecule has 1 atom stereocenters. The normalized spacial score (nSPS) is 19.5. The topological polar surface area (TPSA) is 66.6 Å². The Bertz CT molecular complexity index is 490. The Hall–Kier alpha value is -1.46. The molecule has 0 saturated carbocycles. The van der Waals surface area contributed by atoms with Gasteiger partial charge in [-0.15, -0.1) is 0 Å². The van der Waals surface area contributed by atoms with Crippen LogP contribution in [-0.2, 0) is 17.8 Å². The number of rotatable bonds is 5. The van der Waals surface area contributed by atoms with Crippen molar-refractivity contribution in [2.24, 2.45) is 5.73 Å². The lowest BCUT2D eigenvalue weighted by Crippen LogP contribution is -2.38. The number of carboxylic acid groups (broad SMARTS) is 1. The summed E-state index contributed by atoms with van der Waals surface area (Å²) in [7, 11) is 0. The molecule has 1 saturated heterocycles. The molecule has 1 heterocycles. The first kappa shape index (κ1) is 14.0. The standard InChI is InChI=1S/C14H18N2O2S/c15-14(19)12-6-3-7-16(12)9-11-5-2-1-4-10(11)8-13(17)18/h1-2,4-5,12H,3,6-9H2,(H2,15,19)(H,17,18). The number of hydrogen-bond donors (Lipinski definition) is 2. The lowest BCUT2D eigenvalue weighted by Gasteiger charge is -2.24. The second-order valence-corrected chi connectivity index (χ2v) is 5.34. The van der Waals surface area contributed by atoms with Gasteiger partial charge in [0, 0.05) is 6.54 Å². The Kier molecular flexibility index (Phi) is 4.50. The van der Waals surface area contributed by atoms with Crippen molar-refractivity contribution in [3.63, 3.8) is 0 Å². The number of nitrogens with zero attached hydrogens (tertiary/aromatic N) is 1. The fourth-order valence-electron chi connectivity index (χ4n) is 2.60. The molecule has 4 nitrogen and oxygen atoms in total. The van der Waals surface area contributed by atoms with Gasteiger partial charge in [0.05, 0.1) is 17.5 Å². The minimum atomic E-state index is -0.806. The van der Waals surface area contributed by atoms with Crippen molar-refractivity contribution in [3.8, 4) is 0 Å². The zero-order valence-corrected chi connectivity index (χ0v) is 11.5. The van der Waals surface area contributed by atoms with E-state index in [4.69, 9.17) is 23.1 Å². The lowest BCUT2D eigenvalue weighted by atomic mass is 10.0. The summed E-state index contributed by atoms with van der Waals surface area (Å²) >= 11 is 5.09. The van der Waals surface area contributed by atoms with Crippen molar-refractivity contribution in [3.05, 3.63) is 35.4 Å². The average Bonchev–Trinajstić information content (AvgIpc) is 2.79. The van der Waals surface area contributed by atoms with Crippen molar-refractivity contribution in [2.45, 2.75) is 31.8 Å². The Morgan fingerprint density at radius 1 is 1.42 bits per heavy atom. The van der Waals surface area contributed by atoms with Crippen molar-refractivity contribution in [1.82, 2.24) is 4.90 Å². The fourth-order valence-corrected chi connectivity index (χ4v) is 2.87. The summed E-state index contributed by atoms with van der Waals surface area (Å²) in [6.07, 6.45) is 2.14. The van der Waals surface area contributed by atoms with Crippen LogP contribution in [0, 0.1) is 0 Å². The van der Waals surface area contributed by atoms with Crippen LogP contribution in [0.2, 0.25) is 0 Å². The van der Waals surface area contributed by atoms with E-state index in [-0.39, 0.29) is 12.5 Å². The summed E-state index contributed by atoms with van der Waals surface area (Å²) in [5, 5.41) is 8.94. The van der Waals surface area contributed by atoms with Crippen LogP contribution < -0.4 is 5.73 Å². The van der Waals surface area contributed by atoms with Crippen LogP contribution in [0.4, 0.5) is 0 Å². The van der Waals surface area contributed by atoms with Gasteiger partial charge in [-0.2, -0.15) is 0 Å². The summed E-state index contributed by atoms with van der Waals surface area (Å²) in [6, 6.07) is 7.80. The van der Waals surface area contributed by atoms with Crippen molar-refractivity contribution in [2.75, 3.05) is 6.54 Å². The molecule has 5 heteroatoms. The van der Waals surface area contributed by atoms with Crippen LogP contribution >= 0.6 is 12.2 Å². The molecule has 1 fully saturated rings. The van der Waals surface area contributed by atoms with Crippen LogP contribution in [0.1, 0.15) is 24.0 Å². The van der Waals surface area contributed by atoms with Gasteiger partial charge in [-0.25, -0.2) is 0 Å². The molecule has 1 aliphatic rings. The summed E-state index contributed by atoms with van der Waals surface area (Å²) < 4.78 is 0. The molecule has 0 spiro atoms. The van der Waals surface area contributed by atoms with E-state index in [0.717, 1.165) is 30.5 Å². The number of nitrogens with two attached hydrogens (primary N) is 1. The molecule has 1 aliphatic heterocycles. The van der Waals surface area contributed by atoms with Crippen LogP contribution in [0.3, 0.4) is 0 Å². The molecular formula is C14H18N2O2S. The first-order valence-corrected chi connectivity index (χ1v) is 6.80. The molecule has 102 valence electrons. The zero-order valence-electron chi connectivity index (χ0n) is 10.7. The van der Waals surface area contributed by atoms with E-state index >= 15 is 0 Å². The molecule has 1 unspecified atom stereocenters. The highest BCUT2D eigenvalue weighted by Crippen LogP contribution is 2.22. The van der Waals surface area contributed by atoms with E-state index in [1.54, 1.807) is 0 Å². The van der Waals surface area contributed by atoms with E-state index in [2.05, 4.69) is 4.90 Å². The van der Waals surface area contributed by atoms with Gasteiger partial charge in [0.15, 0.2) is 0 Å². The van der Waals surface area contributed by atoms with Crippen LogP contribution in [0.25, 0.3) is 0 Å². The highest BCUT2D eigenvalue weighted by atomic mass is 32.1. The first-order valence-electron chi connectivity index (χ1n) is 6.40. The van der Waals surface area contributed by atoms with Gasteiger partial charge >= 0.3 is 5.97 Å². The largest absolute Gasteiger partial charge is 0.481 e. The van der Waals surface area contributed by atoms with Gasteiger partial charge < -0.3 is 10.8 Å². The number of benzene rings is 1. The predicted molar refractivity (Wildman–Crippen MR) is 78.0 cm³/mol. The van der Waals surface area contributed by atoms with Crippen LogP contribution in [-0.4, -0.2) is 33.6 Å². The van der Waals surface area contributed by atoms with Gasteiger partial charge in [-0.05, 0) is 30.5 Å². The molecule has 0 radical (unpaired) electrons. The number of aliphatic carboxylic acids is 1. The third-order valence-corrected chi connectivity index (χ3v) is 3.80. The van der Waals surface area contributed by atoms with Crippen molar-refractivity contribution >= 4 is 23.2 Å². The maximum Gasteiger partial charge on any atom is 0.307 e. The number of carbonyl (C=O) groups is 1. The molecule has 3 N–H and O–H groups in total. The zero-order chi connectivity index (χ0) is 13.8. The number of thiocarbonyl (C=S) groups is 1. The first-order chi connectivity index (χ1) is 9.08. The average molecular weight is 278 g/mol. The van der Waals surface area contributed by atoms with E-state index in [9.17, 15) is 4.79 Å². The monoisotopic (exact) mass is 278 g/mol. The molecule has 1 aromatic rings. The highest BCUT2D eigenvalue weighted by Gasteiger charge is 2.27. The Morgan fingerprint density at radius 2 is 2.11 bits per heavy atom. The predicted octanol–water partition coefficient (Wildman–Crippen LogP) is 1.56. The minimum absolute atomic E-state index is 0.0573. The fraction of sp³-hybridized carbons (Fsp3) is 0.429. The Labute approximate surface area is 118 Å². The third kappa shape index (κ3) is 3.52. The van der Waals surface area contributed by atoms with Crippen molar-refractivity contribution < 1.29 is 9.90 Å². The molecule has 19 heavy (non-hydrogen) atoms. The smallest absolute Gasteiger partial charge is 0.307 e. The second-order valence-electron chi connectivity index (χ2n) is 4.87. The van der Waals surface area contributed by atoms with Gasteiger partial charge in [0.1, 0.15) is 0 Å². The van der Waals surface area contributed by atoms with Crippen LogP contribution in [0.15, 0.2) is 24.3 Å². The summed E-state index contributed by atoms with van der Waals surface area (Å²) in [5.74, 6) is -0.806. The maximum absolute atomic E-state index is 10.9. The van der Waals surface area contributed by atoms with E-state index in [1.807, 2.05) is 24.3 Å². The molecule has 1 aromatic carbocycles.